The lowest BCUT2D eigenvalue weighted by atomic mass is 9.95. The van der Waals surface area contributed by atoms with Gasteiger partial charge in [0.25, 0.3) is 5.78 Å². The number of ketones is 1. The summed E-state index contributed by atoms with van der Waals surface area (Å²) in [6.07, 6.45) is 0.804. The minimum atomic E-state index is -0.992. The maximum Gasteiger partial charge on any atom is 0.301 e. The van der Waals surface area contributed by atoms with Gasteiger partial charge in [-0.15, -0.1) is 0 Å². The van der Waals surface area contributed by atoms with E-state index in [-0.39, 0.29) is 16.5 Å². The van der Waals surface area contributed by atoms with E-state index in [0.717, 1.165) is 23.3 Å². The van der Waals surface area contributed by atoms with Crippen molar-refractivity contribution in [3.05, 3.63) is 125 Å². The fourth-order valence-corrected chi connectivity index (χ4v) is 5.95. The smallest absolute Gasteiger partial charge is 0.301 e. The fourth-order valence-electron chi connectivity index (χ4n) is 4.93. The van der Waals surface area contributed by atoms with Gasteiger partial charge in [0, 0.05) is 5.56 Å². The molecule has 1 N–H and O–H groups in total. The normalized spacial score (nSPS) is 16.1. The lowest BCUT2D eigenvalue weighted by Crippen LogP contribution is -2.29. The Hall–Kier alpha value is -5.02. The van der Waals surface area contributed by atoms with Gasteiger partial charge in [0.1, 0.15) is 29.7 Å². The van der Waals surface area contributed by atoms with Crippen LogP contribution in [0, 0.1) is 5.82 Å². The first kappa shape index (κ1) is 28.1. The average molecular weight is 595 g/mol. The van der Waals surface area contributed by atoms with E-state index < -0.39 is 23.5 Å². The third-order valence-corrected chi connectivity index (χ3v) is 8.03. The predicted octanol–water partition coefficient (Wildman–Crippen LogP) is 7.43. The van der Waals surface area contributed by atoms with Gasteiger partial charge in [0.05, 0.1) is 28.4 Å². The van der Waals surface area contributed by atoms with Crippen LogP contribution < -0.4 is 14.4 Å². The molecule has 0 bridgehead atoms. The van der Waals surface area contributed by atoms with Crippen LogP contribution in [0.15, 0.2) is 103 Å². The molecule has 0 radical (unpaired) electrons. The number of aliphatic hydroxyl groups excluding tert-OH is 1. The summed E-state index contributed by atoms with van der Waals surface area (Å²) in [5, 5.41) is 11.7. The second-order valence-electron chi connectivity index (χ2n) is 10.00. The van der Waals surface area contributed by atoms with E-state index >= 15 is 0 Å². The van der Waals surface area contributed by atoms with Crippen LogP contribution in [-0.4, -0.2) is 28.4 Å². The molecule has 1 unspecified atom stereocenters. The summed E-state index contributed by atoms with van der Waals surface area (Å²) in [6, 6.07) is 26.7. The van der Waals surface area contributed by atoms with Crippen LogP contribution in [0.1, 0.15) is 36.1 Å². The van der Waals surface area contributed by atoms with Crippen LogP contribution in [0.4, 0.5) is 9.52 Å². The predicted molar refractivity (Wildman–Crippen MR) is 164 cm³/mol. The van der Waals surface area contributed by atoms with Gasteiger partial charge in [-0.3, -0.25) is 14.5 Å². The van der Waals surface area contributed by atoms with Crippen molar-refractivity contribution in [2.24, 2.45) is 0 Å². The molecule has 1 aliphatic heterocycles. The molecule has 1 aliphatic rings. The summed E-state index contributed by atoms with van der Waals surface area (Å²) in [7, 11) is 0. The lowest BCUT2D eigenvalue weighted by molar-refractivity contribution is -0.132. The molecule has 0 saturated carbocycles. The Kier molecular flexibility index (Phi) is 7.89. The van der Waals surface area contributed by atoms with Crippen molar-refractivity contribution in [1.82, 2.24) is 4.98 Å². The molecule has 5 aromatic rings. The molecule has 1 aromatic heterocycles. The number of hydrogen-bond donors (Lipinski definition) is 1. The SMILES string of the molecule is CCCOc1cccc(C(O)=C2C(=O)C(=O)N(c3nc4ccc(F)cc4s3)C2c2ccc(OCc3ccccc3)cc2)c1. The molecule has 43 heavy (non-hydrogen) atoms. The van der Waals surface area contributed by atoms with Crippen molar-refractivity contribution >= 4 is 44.1 Å². The highest BCUT2D eigenvalue weighted by molar-refractivity contribution is 7.22. The Balaban J connectivity index is 1.42. The Labute approximate surface area is 251 Å². The number of Topliss-reactive ketones (excluding diaryl/α,β-unsaturated/α-hetero) is 1. The second kappa shape index (κ2) is 12.1. The first-order chi connectivity index (χ1) is 20.9. The van der Waals surface area contributed by atoms with Crippen molar-refractivity contribution in [2.45, 2.75) is 26.0 Å². The van der Waals surface area contributed by atoms with Gasteiger partial charge in [-0.05, 0) is 60.0 Å². The maximum atomic E-state index is 14.0. The number of fused-ring (bicyclic) bond motifs is 1. The first-order valence-corrected chi connectivity index (χ1v) is 14.6. The highest BCUT2D eigenvalue weighted by Crippen LogP contribution is 2.44. The first-order valence-electron chi connectivity index (χ1n) is 13.8. The number of aromatic nitrogens is 1. The molecule has 0 spiro atoms. The Morgan fingerprint density at radius 1 is 0.930 bits per heavy atom. The van der Waals surface area contributed by atoms with Crippen molar-refractivity contribution in [2.75, 3.05) is 11.5 Å². The van der Waals surface area contributed by atoms with Crippen LogP contribution in [0.2, 0.25) is 0 Å². The highest BCUT2D eigenvalue weighted by atomic mass is 32.1. The zero-order valence-corrected chi connectivity index (χ0v) is 24.0. The Bertz CT molecular complexity index is 1840. The number of carbonyl (C=O) groups is 2. The minimum absolute atomic E-state index is 0.0824. The van der Waals surface area contributed by atoms with Gasteiger partial charge in [-0.2, -0.15) is 0 Å². The van der Waals surface area contributed by atoms with Crippen LogP contribution in [-0.2, 0) is 16.2 Å². The highest BCUT2D eigenvalue weighted by Gasteiger charge is 2.48. The molecule has 0 aliphatic carbocycles. The molecule has 2 heterocycles. The maximum absolute atomic E-state index is 14.0. The summed E-state index contributed by atoms with van der Waals surface area (Å²) in [5.41, 5.74) is 2.33. The fraction of sp³-hybridized carbons (Fsp3) is 0.147. The summed E-state index contributed by atoms with van der Waals surface area (Å²) >= 11 is 1.10. The number of rotatable bonds is 9. The largest absolute Gasteiger partial charge is 0.507 e. The number of thiazole rings is 1. The molecule has 9 heteroatoms. The molecule has 216 valence electrons. The lowest BCUT2D eigenvalue weighted by Gasteiger charge is -2.23. The van der Waals surface area contributed by atoms with Crippen molar-refractivity contribution < 1.29 is 28.6 Å². The van der Waals surface area contributed by atoms with Crippen LogP contribution >= 0.6 is 11.3 Å². The second-order valence-corrected chi connectivity index (χ2v) is 11.0. The van der Waals surface area contributed by atoms with Crippen molar-refractivity contribution in [3.63, 3.8) is 0 Å². The Morgan fingerprint density at radius 3 is 2.49 bits per heavy atom. The van der Waals surface area contributed by atoms with E-state index in [1.165, 1.54) is 23.1 Å². The zero-order chi connectivity index (χ0) is 29.9. The number of nitrogens with zero attached hydrogens (tertiary/aromatic N) is 2. The van der Waals surface area contributed by atoms with Gasteiger partial charge in [0.2, 0.25) is 0 Å². The average Bonchev–Trinajstić information content (AvgIpc) is 3.56. The van der Waals surface area contributed by atoms with Gasteiger partial charge >= 0.3 is 5.91 Å². The number of ether oxygens (including phenoxy) is 2. The van der Waals surface area contributed by atoms with Gasteiger partial charge in [-0.1, -0.05) is 72.9 Å². The number of benzene rings is 4. The molecule has 1 atom stereocenters. The third-order valence-electron chi connectivity index (χ3n) is 7.01. The van der Waals surface area contributed by atoms with Gasteiger partial charge < -0.3 is 14.6 Å². The van der Waals surface area contributed by atoms with Crippen LogP contribution in [0.25, 0.3) is 16.0 Å². The summed E-state index contributed by atoms with van der Waals surface area (Å²) in [4.78, 5) is 33.0. The van der Waals surface area contributed by atoms with E-state index in [2.05, 4.69) is 4.98 Å². The number of anilines is 1. The number of aliphatic hydroxyl groups is 1. The quantitative estimate of drug-likeness (QED) is 0.108. The van der Waals surface area contributed by atoms with Crippen LogP contribution in [0.5, 0.6) is 11.5 Å². The summed E-state index contributed by atoms with van der Waals surface area (Å²) in [6.45, 7) is 2.85. The number of halogens is 1. The summed E-state index contributed by atoms with van der Waals surface area (Å²) < 4.78 is 26.1. The van der Waals surface area contributed by atoms with Crippen LogP contribution in [0.3, 0.4) is 0 Å². The molecule has 1 amide bonds. The molecule has 1 saturated heterocycles. The topological polar surface area (TPSA) is 89.0 Å². The third kappa shape index (κ3) is 5.72. The molecular formula is C34H27FN2O5S. The van der Waals surface area contributed by atoms with Crippen molar-refractivity contribution in [3.8, 4) is 11.5 Å². The molecule has 1 fully saturated rings. The number of hydrogen-bond acceptors (Lipinski definition) is 7. The monoisotopic (exact) mass is 594 g/mol. The number of amides is 1. The molecular weight excluding hydrogens is 567 g/mol. The molecule has 4 aromatic carbocycles. The molecule has 6 rings (SSSR count). The van der Waals surface area contributed by atoms with Gasteiger partial charge in [0.15, 0.2) is 5.13 Å². The number of carbonyl (C=O) groups excluding carboxylic acids is 2. The molecule has 7 nitrogen and oxygen atoms in total. The van der Waals surface area contributed by atoms with Crippen molar-refractivity contribution in [1.29, 1.82) is 0 Å². The Morgan fingerprint density at radius 2 is 1.72 bits per heavy atom. The van der Waals surface area contributed by atoms with E-state index in [1.54, 1.807) is 48.5 Å². The minimum Gasteiger partial charge on any atom is -0.507 e. The van der Waals surface area contributed by atoms with E-state index in [0.29, 0.717) is 46.1 Å². The van der Waals surface area contributed by atoms with E-state index in [9.17, 15) is 19.1 Å². The van der Waals surface area contributed by atoms with E-state index in [1.807, 2.05) is 37.3 Å². The zero-order valence-electron chi connectivity index (χ0n) is 23.2. The van der Waals surface area contributed by atoms with E-state index in [4.69, 9.17) is 9.47 Å². The van der Waals surface area contributed by atoms with Gasteiger partial charge in [-0.25, -0.2) is 9.37 Å². The summed E-state index contributed by atoms with van der Waals surface area (Å²) in [5.74, 6) is -1.32. The standard InChI is InChI=1S/C34H27FN2O5S/c1-2-17-41-26-10-6-9-23(18-26)31(38)29-30(22-11-14-25(15-12-22)42-20-21-7-4-3-5-8-21)37(33(40)32(29)39)34-36-27-16-13-24(35)19-28(27)43-34/h3-16,18-19,30,38H,2,17,20H2,1H3.